The van der Waals surface area contributed by atoms with E-state index in [0.717, 1.165) is 11.0 Å². The van der Waals surface area contributed by atoms with Crippen molar-refractivity contribution in [2.45, 2.75) is 17.4 Å². The summed E-state index contributed by atoms with van der Waals surface area (Å²) in [5.41, 5.74) is -0.865. The molecule has 180 valence electrons. The number of urea groups is 1. The van der Waals surface area contributed by atoms with Crippen molar-refractivity contribution in [1.82, 2.24) is 10.2 Å². The zero-order valence-electron chi connectivity index (χ0n) is 18.3. The highest BCUT2D eigenvalue weighted by molar-refractivity contribution is 7.89. The smallest absolute Gasteiger partial charge is 0.325 e. The molecule has 0 bridgehead atoms. The zero-order valence-corrected chi connectivity index (χ0v) is 19.1. The molecular formula is C21H22N4O8S. The van der Waals surface area contributed by atoms with Crippen LogP contribution in [0.4, 0.5) is 10.5 Å². The van der Waals surface area contributed by atoms with E-state index >= 15 is 0 Å². The summed E-state index contributed by atoms with van der Waals surface area (Å²) < 4.78 is 39.6. The van der Waals surface area contributed by atoms with E-state index in [4.69, 9.17) is 19.3 Å². The van der Waals surface area contributed by atoms with Crippen LogP contribution in [-0.4, -0.2) is 58.0 Å². The van der Waals surface area contributed by atoms with Crippen molar-refractivity contribution in [3.63, 3.8) is 0 Å². The third kappa shape index (κ3) is 4.22. The summed E-state index contributed by atoms with van der Waals surface area (Å²) in [6, 6.07) is 7.99. The highest BCUT2D eigenvalue weighted by Gasteiger charge is 2.49. The number of hydrogen-bond donors (Lipinski definition) is 3. The minimum absolute atomic E-state index is 0.00444. The number of sulfonamides is 1. The van der Waals surface area contributed by atoms with E-state index in [1.54, 1.807) is 18.2 Å². The Hall–Kier alpha value is -3.84. The number of imide groups is 1. The number of methoxy groups -OCH3 is 1. The van der Waals surface area contributed by atoms with Gasteiger partial charge in [0.05, 0.1) is 7.11 Å². The Morgan fingerprint density at radius 2 is 1.88 bits per heavy atom. The first-order valence-electron chi connectivity index (χ1n) is 10.1. The topological polar surface area (TPSA) is 166 Å². The first-order chi connectivity index (χ1) is 16.0. The summed E-state index contributed by atoms with van der Waals surface area (Å²) >= 11 is 0. The molecule has 0 radical (unpaired) electrons. The fraction of sp³-hybridized carbons (Fsp3) is 0.286. The van der Waals surface area contributed by atoms with Gasteiger partial charge in [-0.2, -0.15) is 0 Å². The van der Waals surface area contributed by atoms with Gasteiger partial charge in [-0.1, -0.05) is 6.07 Å². The van der Waals surface area contributed by atoms with Crippen LogP contribution in [0.1, 0.15) is 12.5 Å². The predicted octanol–water partition coefficient (Wildman–Crippen LogP) is 0.520. The average molecular weight is 490 g/mol. The Bertz CT molecular complexity index is 1300. The minimum atomic E-state index is -4.12. The van der Waals surface area contributed by atoms with Crippen molar-refractivity contribution < 1.29 is 37.0 Å². The minimum Gasteiger partial charge on any atom is -0.495 e. The van der Waals surface area contributed by atoms with Gasteiger partial charge in [-0.3, -0.25) is 14.5 Å². The Morgan fingerprint density at radius 1 is 1.18 bits per heavy atom. The average Bonchev–Trinajstić information content (AvgIpc) is 3.02. The van der Waals surface area contributed by atoms with Gasteiger partial charge in [0.15, 0.2) is 11.5 Å². The van der Waals surface area contributed by atoms with Crippen LogP contribution in [0, 0.1) is 0 Å². The summed E-state index contributed by atoms with van der Waals surface area (Å²) in [4.78, 5) is 38.7. The van der Waals surface area contributed by atoms with Gasteiger partial charge < -0.3 is 24.8 Å². The zero-order chi connectivity index (χ0) is 24.7. The number of ether oxygens (including phenoxy) is 3. The van der Waals surface area contributed by atoms with Gasteiger partial charge in [0, 0.05) is 5.69 Å². The van der Waals surface area contributed by atoms with E-state index in [0.29, 0.717) is 30.3 Å². The Morgan fingerprint density at radius 3 is 2.56 bits per heavy atom. The summed E-state index contributed by atoms with van der Waals surface area (Å²) in [7, 11) is -2.84. The van der Waals surface area contributed by atoms with Crippen molar-refractivity contribution in [2.75, 3.05) is 32.2 Å². The molecule has 34 heavy (non-hydrogen) atoms. The molecule has 0 unspecified atom stereocenters. The molecule has 2 aliphatic heterocycles. The molecule has 4 rings (SSSR count). The number of rotatable bonds is 6. The maximum Gasteiger partial charge on any atom is 0.325 e. The van der Waals surface area contributed by atoms with Crippen LogP contribution in [0.25, 0.3) is 0 Å². The van der Waals surface area contributed by atoms with Gasteiger partial charge in [-0.15, -0.1) is 0 Å². The first kappa shape index (κ1) is 23.3. The molecule has 0 saturated carbocycles. The quantitative estimate of drug-likeness (QED) is 0.493. The van der Waals surface area contributed by atoms with Crippen molar-refractivity contribution in [3.8, 4) is 17.2 Å². The van der Waals surface area contributed by atoms with Gasteiger partial charge in [0.2, 0.25) is 15.9 Å². The maximum atomic E-state index is 13.1. The van der Waals surface area contributed by atoms with Gasteiger partial charge in [0.1, 0.15) is 35.9 Å². The largest absolute Gasteiger partial charge is 0.495 e. The second kappa shape index (κ2) is 8.50. The van der Waals surface area contributed by atoms with Crippen LogP contribution >= 0.6 is 0 Å². The summed E-state index contributed by atoms with van der Waals surface area (Å²) in [5.74, 6) is -0.368. The predicted molar refractivity (Wildman–Crippen MR) is 118 cm³/mol. The molecule has 2 aromatic carbocycles. The molecule has 13 heteroatoms. The molecule has 2 aromatic rings. The van der Waals surface area contributed by atoms with Crippen molar-refractivity contribution in [2.24, 2.45) is 5.14 Å². The lowest BCUT2D eigenvalue weighted by atomic mass is 9.91. The van der Waals surface area contributed by atoms with Crippen LogP contribution in [0.15, 0.2) is 41.3 Å². The molecule has 2 aliphatic rings. The molecule has 2 heterocycles. The second-order valence-electron chi connectivity index (χ2n) is 7.76. The number of nitrogens with zero attached hydrogens (tertiary/aromatic N) is 1. The Labute approximate surface area is 195 Å². The number of nitrogens with one attached hydrogen (secondary N) is 2. The number of carbonyl (C=O) groups is 3. The second-order valence-corrected chi connectivity index (χ2v) is 9.29. The number of nitrogens with two attached hydrogens (primary N) is 1. The molecule has 0 aliphatic carbocycles. The van der Waals surface area contributed by atoms with E-state index in [2.05, 4.69) is 10.6 Å². The Kier molecular flexibility index (Phi) is 5.83. The van der Waals surface area contributed by atoms with Crippen molar-refractivity contribution >= 4 is 33.6 Å². The number of hydrogen-bond acceptors (Lipinski definition) is 8. The van der Waals surface area contributed by atoms with Crippen molar-refractivity contribution in [3.05, 3.63) is 42.0 Å². The Balaban J connectivity index is 1.51. The molecule has 4 N–H and O–H groups in total. The van der Waals surface area contributed by atoms with Crippen LogP contribution in [0.3, 0.4) is 0 Å². The molecule has 0 spiro atoms. The van der Waals surface area contributed by atoms with Crippen LogP contribution in [-0.2, 0) is 25.2 Å². The van der Waals surface area contributed by atoms with Gasteiger partial charge in [0.25, 0.3) is 5.91 Å². The van der Waals surface area contributed by atoms with Crippen LogP contribution in [0.2, 0.25) is 0 Å². The van der Waals surface area contributed by atoms with E-state index in [-0.39, 0.29) is 16.3 Å². The molecule has 4 amide bonds. The lowest BCUT2D eigenvalue weighted by Crippen LogP contribution is -2.42. The SMILES string of the molecule is COc1ccc(NC(=O)CN2C(=O)N[C@](C)(c3ccc4c(c3)OCCO4)C2=O)cc1S(N)(=O)=O. The molecule has 1 saturated heterocycles. The number of carbonyl (C=O) groups excluding carboxylic acids is 3. The number of primary sulfonamides is 1. The summed E-state index contributed by atoms with van der Waals surface area (Å²) in [6.07, 6.45) is 0. The molecule has 1 fully saturated rings. The molecule has 1 atom stereocenters. The third-order valence-electron chi connectivity index (χ3n) is 5.45. The fourth-order valence-corrected chi connectivity index (χ4v) is 4.43. The van der Waals surface area contributed by atoms with E-state index < -0.39 is 40.0 Å². The molecule has 0 aromatic heterocycles. The summed E-state index contributed by atoms with van der Waals surface area (Å²) in [5, 5.41) is 10.3. The lowest BCUT2D eigenvalue weighted by molar-refractivity contribution is -0.133. The van der Waals surface area contributed by atoms with Crippen molar-refractivity contribution in [1.29, 1.82) is 0 Å². The van der Waals surface area contributed by atoms with Gasteiger partial charge in [-0.25, -0.2) is 18.4 Å². The number of anilines is 1. The highest BCUT2D eigenvalue weighted by atomic mass is 32.2. The number of benzene rings is 2. The fourth-order valence-electron chi connectivity index (χ4n) is 3.71. The normalized spacial score (nSPS) is 19.6. The number of amides is 4. The third-order valence-corrected chi connectivity index (χ3v) is 6.38. The van der Waals surface area contributed by atoms with Crippen LogP contribution in [0.5, 0.6) is 17.2 Å². The summed E-state index contributed by atoms with van der Waals surface area (Å²) in [6.45, 7) is 1.70. The molecule has 12 nitrogen and oxygen atoms in total. The highest BCUT2D eigenvalue weighted by Crippen LogP contribution is 2.37. The lowest BCUT2D eigenvalue weighted by Gasteiger charge is -2.25. The monoisotopic (exact) mass is 490 g/mol. The molecular weight excluding hydrogens is 468 g/mol. The maximum absolute atomic E-state index is 13.1. The standard InChI is InChI=1S/C21H22N4O8S/c1-21(12-3-5-14-16(9-12)33-8-7-32-14)19(27)25(20(28)24-21)11-18(26)23-13-4-6-15(31-2)17(10-13)34(22,29)30/h3-6,9-10H,7-8,11H2,1-2H3,(H,23,26)(H,24,28)(H2,22,29,30)/t21-/m1/s1. The van der Waals surface area contributed by atoms with Gasteiger partial charge >= 0.3 is 6.03 Å². The van der Waals surface area contributed by atoms with E-state index in [1.807, 2.05) is 0 Å². The van der Waals surface area contributed by atoms with Gasteiger partial charge in [-0.05, 0) is 42.8 Å². The van der Waals surface area contributed by atoms with E-state index in [9.17, 15) is 22.8 Å². The van der Waals surface area contributed by atoms with E-state index in [1.165, 1.54) is 26.2 Å². The number of fused-ring (bicyclic) bond motifs is 1. The first-order valence-corrected chi connectivity index (χ1v) is 11.6. The van der Waals surface area contributed by atoms with Crippen LogP contribution < -0.4 is 30.0 Å².